The van der Waals surface area contributed by atoms with E-state index >= 15 is 0 Å². The molecule has 1 fully saturated rings. The van der Waals surface area contributed by atoms with Crippen molar-refractivity contribution in [3.8, 4) is 0 Å². The van der Waals surface area contributed by atoms with Crippen molar-refractivity contribution in [1.29, 1.82) is 0 Å². The maximum absolute atomic E-state index is 12.9. The van der Waals surface area contributed by atoms with Gasteiger partial charge in [-0.3, -0.25) is 14.4 Å². The van der Waals surface area contributed by atoms with E-state index in [0.717, 1.165) is 0 Å². The topological polar surface area (TPSA) is 89.3 Å². The molecule has 1 aromatic rings. The smallest absolute Gasteiger partial charge is 0.368 e. The third-order valence-electron chi connectivity index (χ3n) is 4.43. The zero-order chi connectivity index (χ0) is 21.3. The van der Waals surface area contributed by atoms with Gasteiger partial charge in [0.05, 0.1) is 11.1 Å². The largest absolute Gasteiger partial charge is 0.416 e. The second-order valence-electron chi connectivity index (χ2n) is 6.54. The first-order valence-electron chi connectivity index (χ1n) is 8.20. The van der Waals surface area contributed by atoms with Crippen molar-refractivity contribution in [2.24, 2.45) is 11.7 Å². The first-order valence-corrected chi connectivity index (χ1v) is 8.20. The van der Waals surface area contributed by atoms with Crippen molar-refractivity contribution in [2.75, 3.05) is 0 Å². The molecule has 154 valence electrons. The number of nitrogens with two attached hydrogens (primary N) is 1. The second kappa shape index (κ2) is 7.80. The molecule has 0 aliphatic heterocycles. The summed E-state index contributed by atoms with van der Waals surface area (Å²) >= 11 is 0. The van der Waals surface area contributed by atoms with Crippen LogP contribution in [0.5, 0.6) is 0 Å². The molecular formula is C17H16F6N2O3. The van der Waals surface area contributed by atoms with Crippen molar-refractivity contribution < 1.29 is 40.7 Å². The maximum atomic E-state index is 12.9. The molecule has 0 aromatic heterocycles. The minimum absolute atomic E-state index is 0.0652. The highest BCUT2D eigenvalue weighted by molar-refractivity contribution is 5.98. The summed E-state index contributed by atoms with van der Waals surface area (Å²) in [7, 11) is 0. The summed E-state index contributed by atoms with van der Waals surface area (Å²) in [6, 6.07) is -0.980. The van der Waals surface area contributed by atoms with Crippen LogP contribution in [-0.4, -0.2) is 23.6 Å². The first kappa shape index (κ1) is 21.7. The van der Waals surface area contributed by atoms with Gasteiger partial charge in [0.1, 0.15) is 11.8 Å². The minimum atomic E-state index is -5.12. The van der Waals surface area contributed by atoms with E-state index in [-0.39, 0.29) is 30.4 Å². The standard InChI is InChI=1S/C17H16F6N2O3/c18-16(19,20)10-4-9(5-11(7-10)17(21,22)23)15(28)25-13(14(24)27)8-2-1-3-12(26)6-8/h4-5,7-8,13H,1-3,6H2,(H2,24,27)(H,25,28)/t8-,13-/m0/s1. The molecule has 11 heteroatoms. The van der Waals surface area contributed by atoms with Crippen LogP contribution in [0.3, 0.4) is 0 Å². The van der Waals surface area contributed by atoms with Crippen LogP contribution in [0.1, 0.15) is 47.2 Å². The molecule has 0 bridgehead atoms. The van der Waals surface area contributed by atoms with Crippen LogP contribution in [0.15, 0.2) is 18.2 Å². The van der Waals surface area contributed by atoms with Crippen LogP contribution in [0.2, 0.25) is 0 Å². The van der Waals surface area contributed by atoms with Gasteiger partial charge in [0.25, 0.3) is 5.91 Å². The number of halogens is 6. The fourth-order valence-electron chi connectivity index (χ4n) is 3.07. The predicted octanol–water partition coefficient (Wildman–Crippen LogP) is 3.07. The Morgan fingerprint density at radius 1 is 1.04 bits per heavy atom. The molecule has 3 N–H and O–H groups in total. The van der Waals surface area contributed by atoms with E-state index in [1.165, 1.54) is 0 Å². The Morgan fingerprint density at radius 2 is 1.57 bits per heavy atom. The van der Waals surface area contributed by atoms with E-state index in [1.54, 1.807) is 0 Å². The summed E-state index contributed by atoms with van der Waals surface area (Å²) in [6.07, 6.45) is -9.21. The van der Waals surface area contributed by atoms with Gasteiger partial charge in [-0.15, -0.1) is 0 Å². The Labute approximate surface area is 155 Å². The van der Waals surface area contributed by atoms with Gasteiger partial charge in [-0.2, -0.15) is 26.3 Å². The molecule has 28 heavy (non-hydrogen) atoms. The number of alkyl halides is 6. The second-order valence-corrected chi connectivity index (χ2v) is 6.54. The predicted molar refractivity (Wildman–Crippen MR) is 83.9 cm³/mol. The summed E-state index contributed by atoms with van der Waals surface area (Å²) in [5, 5.41) is 2.08. The molecule has 1 aliphatic carbocycles. The van der Waals surface area contributed by atoms with Crippen molar-refractivity contribution in [3.63, 3.8) is 0 Å². The molecule has 5 nitrogen and oxygen atoms in total. The lowest BCUT2D eigenvalue weighted by Crippen LogP contribution is -2.50. The number of hydrogen-bond donors (Lipinski definition) is 2. The molecule has 2 amide bonds. The normalized spacial score (nSPS) is 19.2. The van der Waals surface area contributed by atoms with Gasteiger partial charge in [0.15, 0.2) is 0 Å². The van der Waals surface area contributed by atoms with E-state index in [9.17, 15) is 40.7 Å². The molecule has 2 atom stereocenters. The van der Waals surface area contributed by atoms with Crippen molar-refractivity contribution in [2.45, 2.75) is 44.1 Å². The molecule has 1 aliphatic rings. The third kappa shape index (κ3) is 5.23. The van der Waals surface area contributed by atoms with Crippen LogP contribution in [0, 0.1) is 5.92 Å². The minimum Gasteiger partial charge on any atom is -0.368 e. The summed E-state index contributed by atoms with van der Waals surface area (Å²) in [5.41, 5.74) is 0.979. The van der Waals surface area contributed by atoms with Crippen molar-refractivity contribution in [3.05, 3.63) is 34.9 Å². The van der Waals surface area contributed by atoms with E-state index in [1.807, 2.05) is 0 Å². The fourth-order valence-corrected chi connectivity index (χ4v) is 3.07. The number of Topliss-reactive ketones (excluding diaryl/α,β-unsaturated/α-hetero) is 1. The van der Waals surface area contributed by atoms with E-state index < -0.39 is 52.8 Å². The Hall–Kier alpha value is -2.59. The zero-order valence-corrected chi connectivity index (χ0v) is 14.3. The number of benzene rings is 1. The van der Waals surface area contributed by atoms with Crippen LogP contribution in [0.4, 0.5) is 26.3 Å². The molecule has 0 unspecified atom stereocenters. The Balaban J connectivity index is 2.35. The number of rotatable bonds is 4. The summed E-state index contributed by atoms with van der Waals surface area (Å²) in [5.74, 6) is -3.19. The average Bonchev–Trinajstić information content (AvgIpc) is 2.57. The molecule has 1 saturated carbocycles. The lowest BCUT2D eigenvalue weighted by molar-refractivity contribution is -0.143. The Bertz CT molecular complexity index is 756. The van der Waals surface area contributed by atoms with E-state index in [0.29, 0.717) is 19.3 Å². The fraction of sp³-hybridized carbons (Fsp3) is 0.471. The van der Waals surface area contributed by atoms with Crippen LogP contribution >= 0.6 is 0 Å². The molecule has 0 radical (unpaired) electrons. The number of hydrogen-bond acceptors (Lipinski definition) is 3. The van der Waals surface area contributed by atoms with Crippen LogP contribution in [0.25, 0.3) is 0 Å². The van der Waals surface area contributed by atoms with Crippen LogP contribution in [-0.2, 0) is 21.9 Å². The molecule has 2 rings (SSSR count). The lowest BCUT2D eigenvalue weighted by Gasteiger charge is -2.28. The number of nitrogens with one attached hydrogen (secondary N) is 1. The SMILES string of the molecule is NC(=O)[C@@H](NC(=O)c1cc(C(F)(F)F)cc(C(F)(F)F)c1)[C@H]1CCCC(=O)C1. The summed E-state index contributed by atoms with van der Waals surface area (Å²) in [4.78, 5) is 35.5. The van der Waals surface area contributed by atoms with Crippen molar-refractivity contribution in [1.82, 2.24) is 5.32 Å². The summed E-state index contributed by atoms with van der Waals surface area (Å²) in [6.45, 7) is 0. The van der Waals surface area contributed by atoms with E-state index in [2.05, 4.69) is 5.32 Å². The molecule has 1 aromatic carbocycles. The lowest BCUT2D eigenvalue weighted by atomic mass is 9.82. The van der Waals surface area contributed by atoms with Gasteiger partial charge < -0.3 is 11.1 Å². The third-order valence-corrected chi connectivity index (χ3v) is 4.43. The van der Waals surface area contributed by atoms with Gasteiger partial charge in [0.2, 0.25) is 5.91 Å². The van der Waals surface area contributed by atoms with Crippen LogP contribution < -0.4 is 11.1 Å². The quantitative estimate of drug-likeness (QED) is 0.748. The Kier molecular flexibility index (Phi) is 6.05. The summed E-state index contributed by atoms with van der Waals surface area (Å²) < 4.78 is 77.5. The zero-order valence-electron chi connectivity index (χ0n) is 14.3. The number of ketones is 1. The van der Waals surface area contributed by atoms with Gasteiger partial charge in [-0.25, -0.2) is 0 Å². The first-order chi connectivity index (χ1) is 12.8. The molecule has 0 spiro atoms. The van der Waals surface area contributed by atoms with Gasteiger partial charge >= 0.3 is 12.4 Å². The molecule has 0 saturated heterocycles. The van der Waals surface area contributed by atoms with Gasteiger partial charge in [-0.05, 0) is 37.0 Å². The number of amides is 2. The van der Waals surface area contributed by atoms with Gasteiger partial charge in [0, 0.05) is 18.4 Å². The van der Waals surface area contributed by atoms with E-state index in [4.69, 9.17) is 5.73 Å². The number of carbonyl (C=O) groups excluding carboxylic acids is 3. The monoisotopic (exact) mass is 410 g/mol. The Morgan fingerprint density at radius 3 is 2.00 bits per heavy atom. The highest BCUT2D eigenvalue weighted by Crippen LogP contribution is 2.36. The maximum Gasteiger partial charge on any atom is 0.416 e. The number of primary amides is 1. The highest BCUT2D eigenvalue weighted by atomic mass is 19.4. The average molecular weight is 410 g/mol. The number of carbonyl (C=O) groups is 3. The highest BCUT2D eigenvalue weighted by Gasteiger charge is 2.38. The van der Waals surface area contributed by atoms with Crippen molar-refractivity contribution >= 4 is 17.6 Å². The molecular weight excluding hydrogens is 394 g/mol. The molecule has 0 heterocycles. The van der Waals surface area contributed by atoms with Gasteiger partial charge in [-0.1, -0.05) is 0 Å².